The Morgan fingerprint density at radius 3 is 2.18 bits per heavy atom. The van der Waals surface area contributed by atoms with Crippen molar-refractivity contribution < 1.29 is 18.7 Å². The lowest BCUT2D eigenvalue weighted by Crippen LogP contribution is -2.51. The molecule has 2 aromatic carbocycles. The number of furan rings is 1. The monoisotopic (exact) mass is 448 g/mol. The number of hydrogen-bond acceptors (Lipinski definition) is 4. The van der Waals surface area contributed by atoms with Gasteiger partial charge in [0, 0.05) is 12.1 Å². The van der Waals surface area contributed by atoms with Crippen molar-refractivity contribution in [1.82, 2.24) is 9.80 Å². The summed E-state index contributed by atoms with van der Waals surface area (Å²) in [4.78, 5) is 30.4. The third-order valence-electron chi connectivity index (χ3n) is 5.40. The van der Waals surface area contributed by atoms with Crippen molar-refractivity contribution in [3.8, 4) is 5.75 Å². The van der Waals surface area contributed by atoms with Crippen molar-refractivity contribution in [3.63, 3.8) is 0 Å². The second-order valence-electron chi connectivity index (χ2n) is 9.01. The van der Waals surface area contributed by atoms with Crippen LogP contribution in [-0.4, -0.2) is 40.8 Å². The number of benzene rings is 2. The zero-order valence-corrected chi connectivity index (χ0v) is 20.0. The van der Waals surface area contributed by atoms with Crippen molar-refractivity contribution in [3.05, 3.63) is 89.4 Å². The molecule has 0 N–H and O–H groups in total. The van der Waals surface area contributed by atoms with Gasteiger partial charge in [0.15, 0.2) is 0 Å². The molecule has 174 valence electrons. The van der Waals surface area contributed by atoms with Gasteiger partial charge in [-0.15, -0.1) is 0 Å². The lowest BCUT2D eigenvalue weighted by molar-refractivity contribution is -0.134. The molecular weight excluding hydrogens is 416 g/mol. The van der Waals surface area contributed by atoms with Gasteiger partial charge in [0.05, 0.1) is 19.2 Å². The fourth-order valence-corrected chi connectivity index (χ4v) is 3.61. The summed E-state index contributed by atoms with van der Waals surface area (Å²) < 4.78 is 11.1. The molecule has 6 heteroatoms. The number of aryl methyl sites for hydroxylation is 1. The van der Waals surface area contributed by atoms with Crippen LogP contribution in [0.1, 0.15) is 48.2 Å². The van der Waals surface area contributed by atoms with Crippen molar-refractivity contribution in [2.45, 2.75) is 46.3 Å². The van der Waals surface area contributed by atoms with Crippen molar-refractivity contribution >= 4 is 11.8 Å². The number of methoxy groups -OCH3 is 1. The maximum atomic E-state index is 13.6. The standard InChI is InChI=1S/C27H32N2O4/c1-20-15-16-22(33-20)18-28(17-21-11-7-6-8-12-21)25(30)19-29(27(2,3)4)26(31)23-13-9-10-14-24(23)32-5/h6-16H,17-19H2,1-5H3. The van der Waals surface area contributed by atoms with E-state index in [2.05, 4.69) is 0 Å². The molecule has 0 bridgehead atoms. The zero-order chi connectivity index (χ0) is 24.0. The molecule has 0 aliphatic carbocycles. The Balaban J connectivity index is 1.88. The highest BCUT2D eigenvalue weighted by Gasteiger charge is 2.32. The number of hydrogen-bond donors (Lipinski definition) is 0. The van der Waals surface area contributed by atoms with E-state index in [9.17, 15) is 9.59 Å². The molecule has 6 nitrogen and oxygen atoms in total. The van der Waals surface area contributed by atoms with Crippen molar-refractivity contribution in [1.29, 1.82) is 0 Å². The van der Waals surface area contributed by atoms with Crippen LogP contribution in [0, 0.1) is 6.92 Å². The second kappa shape index (κ2) is 10.4. The number of ether oxygens (including phenoxy) is 1. The Bertz CT molecular complexity index is 1080. The first-order valence-electron chi connectivity index (χ1n) is 11.0. The highest BCUT2D eigenvalue weighted by Crippen LogP contribution is 2.24. The number of carbonyl (C=O) groups excluding carboxylic acids is 2. The van der Waals surface area contributed by atoms with Gasteiger partial charge < -0.3 is 19.0 Å². The molecule has 3 rings (SSSR count). The van der Waals surface area contributed by atoms with Crippen LogP contribution in [0.25, 0.3) is 0 Å². The quantitative estimate of drug-likeness (QED) is 0.483. The first-order valence-corrected chi connectivity index (χ1v) is 11.0. The minimum atomic E-state index is -0.576. The highest BCUT2D eigenvalue weighted by molar-refractivity contribution is 5.99. The van der Waals surface area contributed by atoms with Crippen LogP contribution in [0.3, 0.4) is 0 Å². The van der Waals surface area contributed by atoms with Gasteiger partial charge in [0.2, 0.25) is 5.91 Å². The van der Waals surface area contributed by atoms with Crippen LogP contribution in [0.15, 0.2) is 71.1 Å². The van der Waals surface area contributed by atoms with E-state index >= 15 is 0 Å². The van der Waals surface area contributed by atoms with Crippen LogP contribution in [0.5, 0.6) is 5.75 Å². The maximum absolute atomic E-state index is 13.6. The van der Waals surface area contributed by atoms with Gasteiger partial charge in [-0.05, 0) is 57.5 Å². The minimum Gasteiger partial charge on any atom is -0.496 e. The van der Waals surface area contributed by atoms with Crippen LogP contribution in [0.4, 0.5) is 0 Å². The number of carbonyl (C=O) groups is 2. The Morgan fingerprint density at radius 1 is 0.909 bits per heavy atom. The molecule has 1 heterocycles. The van der Waals surface area contributed by atoms with Gasteiger partial charge >= 0.3 is 0 Å². The lowest BCUT2D eigenvalue weighted by atomic mass is 10.0. The highest BCUT2D eigenvalue weighted by atomic mass is 16.5. The molecule has 0 radical (unpaired) electrons. The molecule has 0 saturated carbocycles. The van der Waals surface area contributed by atoms with Crippen LogP contribution in [-0.2, 0) is 17.9 Å². The van der Waals surface area contributed by atoms with Gasteiger partial charge in [0.1, 0.15) is 23.8 Å². The second-order valence-corrected chi connectivity index (χ2v) is 9.01. The maximum Gasteiger partial charge on any atom is 0.258 e. The zero-order valence-electron chi connectivity index (χ0n) is 20.0. The van der Waals surface area contributed by atoms with Crippen LogP contribution < -0.4 is 4.74 Å². The van der Waals surface area contributed by atoms with Crippen LogP contribution in [0.2, 0.25) is 0 Å². The molecule has 2 amide bonds. The van der Waals surface area contributed by atoms with Gasteiger partial charge in [-0.2, -0.15) is 0 Å². The Morgan fingerprint density at radius 2 is 1.58 bits per heavy atom. The van der Waals surface area contributed by atoms with E-state index in [1.807, 2.05) is 76.2 Å². The van der Waals surface area contributed by atoms with E-state index in [4.69, 9.17) is 9.15 Å². The summed E-state index contributed by atoms with van der Waals surface area (Å²) in [6.07, 6.45) is 0. The summed E-state index contributed by atoms with van der Waals surface area (Å²) in [6, 6.07) is 20.6. The fourth-order valence-electron chi connectivity index (χ4n) is 3.61. The predicted molar refractivity (Wildman–Crippen MR) is 128 cm³/mol. The van der Waals surface area contributed by atoms with Crippen molar-refractivity contribution in [2.24, 2.45) is 0 Å². The average molecular weight is 449 g/mol. The van der Waals surface area contributed by atoms with E-state index in [1.165, 1.54) is 7.11 Å². The molecule has 0 spiro atoms. The summed E-state index contributed by atoms with van der Waals surface area (Å²) in [7, 11) is 1.53. The summed E-state index contributed by atoms with van der Waals surface area (Å²) in [5, 5.41) is 0. The molecular formula is C27H32N2O4. The molecule has 0 unspecified atom stereocenters. The molecule has 0 fully saturated rings. The van der Waals surface area contributed by atoms with E-state index in [-0.39, 0.29) is 18.4 Å². The van der Waals surface area contributed by atoms with Crippen molar-refractivity contribution in [2.75, 3.05) is 13.7 Å². The van der Waals surface area contributed by atoms with E-state index in [1.54, 1.807) is 28.0 Å². The number of nitrogens with zero attached hydrogens (tertiary/aromatic N) is 2. The molecule has 0 aliphatic heterocycles. The number of para-hydroxylation sites is 1. The molecule has 3 aromatic rings. The van der Waals surface area contributed by atoms with E-state index in [0.29, 0.717) is 30.2 Å². The minimum absolute atomic E-state index is 0.0626. The summed E-state index contributed by atoms with van der Waals surface area (Å²) in [5.74, 6) is 1.57. The molecule has 0 atom stereocenters. The Hall–Kier alpha value is -3.54. The van der Waals surface area contributed by atoms with Gasteiger partial charge in [-0.25, -0.2) is 0 Å². The largest absolute Gasteiger partial charge is 0.496 e. The summed E-state index contributed by atoms with van der Waals surface area (Å²) in [6.45, 7) is 8.32. The predicted octanol–water partition coefficient (Wildman–Crippen LogP) is 5.07. The molecule has 0 saturated heterocycles. The molecule has 0 aliphatic rings. The van der Waals surface area contributed by atoms with Gasteiger partial charge in [-0.3, -0.25) is 9.59 Å². The Kier molecular flexibility index (Phi) is 7.59. The Labute approximate surface area is 195 Å². The third-order valence-corrected chi connectivity index (χ3v) is 5.40. The molecule has 33 heavy (non-hydrogen) atoms. The topological polar surface area (TPSA) is 63.0 Å². The summed E-state index contributed by atoms with van der Waals surface area (Å²) in [5.41, 5.74) is 0.860. The third kappa shape index (κ3) is 6.25. The SMILES string of the molecule is COc1ccccc1C(=O)N(CC(=O)N(Cc1ccccc1)Cc1ccc(C)o1)C(C)(C)C. The smallest absolute Gasteiger partial charge is 0.258 e. The normalized spacial score (nSPS) is 11.2. The number of rotatable bonds is 8. The van der Waals surface area contributed by atoms with E-state index in [0.717, 1.165) is 11.3 Å². The summed E-state index contributed by atoms with van der Waals surface area (Å²) >= 11 is 0. The number of amides is 2. The first-order chi connectivity index (χ1) is 15.7. The average Bonchev–Trinajstić information content (AvgIpc) is 3.20. The van der Waals surface area contributed by atoms with Gasteiger partial charge in [0.25, 0.3) is 5.91 Å². The van der Waals surface area contributed by atoms with E-state index < -0.39 is 5.54 Å². The first kappa shape index (κ1) is 24.1. The lowest BCUT2D eigenvalue weighted by Gasteiger charge is -2.37. The fraction of sp³-hybridized carbons (Fsp3) is 0.333. The molecule has 1 aromatic heterocycles. The van der Waals surface area contributed by atoms with Gasteiger partial charge in [-0.1, -0.05) is 42.5 Å². The van der Waals surface area contributed by atoms with Crippen LogP contribution >= 0.6 is 0 Å².